The lowest BCUT2D eigenvalue weighted by atomic mass is 10.2. The highest BCUT2D eigenvalue weighted by atomic mass is 15.6. The second-order valence-electron chi connectivity index (χ2n) is 4.26. The Labute approximate surface area is 117 Å². The number of amidine groups is 1. The Kier molecular flexibility index (Phi) is 4.41. The molecule has 0 unspecified atom stereocenters. The zero-order chi connectivity index (χ0) is 14.4. The Morgan fingerprint density at radius 1 is 1.15 bits per heavy atom. The summed E-state index contributed by atoms with van der Waals surface area (Å²) in [4.78, 5) is 0. The van der Waals surface area contributed by atoms with E-state index in [0.29, 0.717) is 23.5 Å². The Balaban J connectivity index is 1.89. The van der Waals surface area contributed by atoms with Crippen molar-refractivity contribution >= 4 is 5.84 Å². The van der Waals surface area contributed by atoms with Gasteiger partial charge in [0.1, 0.15) is 0 Å². The van der Waals surface area contributed by atoms with Gasteiger partial charge in [0, 0.05) is 17.8 Å². The number of allylic oxidation sites excluding steroid dienone is 3. The molecule has 6 nitrogen and oxygen atoms in total. The third-order valence-corrected chi connectivity index (χ3v) is 2.81. The van der Waals surface area contributed by atoms with Crippen molar-refractivity contribution in [2.45, 2.75) is 6.54 Å². The first kappa shape index (κ1) is 13.7. The summed E-state index contributed by atoms with van der Waals surface area (Å²) < 4.78 is 0. The molecule has 1 aliphatic carbocycles. The van der Waals surface area contributed by atoms with Gasteiger partial charge in [0.15, 0.2) is 5.84 Å². The number of nitrogens with zero attached hydrogens (tertiary/aromatic N) is 1. The van der Waals surface area contributed by atoms with Crippen molar-refractivity contribution in [2.24, 2.45) is 22.3 Å². The van der Waals surface area contributed by atoms with Crippen molar-refractivity contribution in [3.05, 3.63) is 71.1 Å². The topological polar surface area (TPSA) is 114 Å². The molecule has 0 heterocycles. The van der Waals surface area contributed by atoms with Crippen molar-refractivity contribution < 1.29 is 0 Å². The summed E-state index contributed by atoms with van der Waals surface area (Å²) in [6.45, 7) is 0.621. The van der Waals surface area contributed by atoms with Crippen molar-refractivity contribution in [3.8, 4) is 0 Å². The van der Waals surface area contributed by atoms with E-state index in [1.54, 1.807) is 12.2 Å². The van der Waals surface area contributed by atoms with Crippen molar-refractivity contribution in [2.75, 3.05) is 0 Å². The normalized spacial score (nSPS) is 17.0. The van der Waals surface area contributed by atoms with Gasteiger partial charge in [-0.25, -0.2) is 11.0 Å². The average Bonchev–Trinajstić information content (AvgIpc) is 2.90. The first-order valence-corrected chi connectivity index (χ1v) is 6.18. The van der Waals surface area contributed by atoms with E-state index in [1.807, 2.05) is 36.4 Å². The Bertz CT molecular complexity index is 583. The highest BCUT2D eigenvalue weighted by Crippen LogP contribution is 2.15. The van der Waals surface area contributed by atoms with Crippen LogP contribution in [0.5, 0.6) is 0 Å². The minimum Gasteiger partial charge on any atom is -0.398 e. The van der Waals surface area contributed by atoms with Crippen LogP contribution in [-0.2, 0) is 6.54 Å². The van der Waals surface area contributed by atoms with Crippen molar-refractivity contribution in [1.29, 1.82) is 0 Å². The molecule has 8 N–H and O–H groups in total. The van der Waals surface area contributed by atoms with Crippen LogP contribution >= 0.6 is 0 Å². The molecular formula is C14H18N6. The minimum absolute atomic E-state index is 0.184. The summed E-state index contributed by atoms with van der Waals surface area (Å²) in [5, 5.41) is 3.95. The molecule has 1 aliphatic rings. The van der Waals surface area contributed by atoms with Gasteiger partial charge in [-0.2, -0.15) is 0 Å². The molecule has 0 aliphatic heterocycles. The first-order valence-electron chi connectivity index (χ1n) is 6.18. The number of rotatable bonds is 5. The molecule has 0 aromatic heterocycles. The maximum Gasteiger partial charge on any atom is 0.168 e. The van der Waals surface area contributed by atoms with Gasteiger partial charge in [0.05, 0.1) is 5.70 Å². The van der Waals surface area contributed by atoms with Gasteiger partial charge in [0.2, 0.25) is 0 Å². The van der Waals surface area contributed by atoms with Gasteiger partial charge >= 0.3 is 0 Å². The zero-order valence-corrected chi connectivity index (χ0v) is 11.0. The third kappa shape index (κ3) is 3.39. The number of hydrazine groups is 1. The number of nitrogens with one attached hydrogen (secondary N) is 2. The fourth-order valence-corrected chi connectivity index (χ4v) is 1.71. The maximum atomic E-state index is 5.89. The number of hydrogen-bond donors (Lipinski definition) is 5. The van der Waals surface area contributed by atoms with E-state index in [0.717, 1.165) is 5.56 Å². The molecule has 0 saturated carbocycles. The summed E-state index contributed by atoms with van der Waals surface area (Å²) in [6, 6.07) is 9.92. The van der Waals surface area contributed by atoms with E-state index in [-0.39, 0.29) is 5.84 Å². The fourth-order valence-electron chi connectivity index (χ4n) is 1.71. The fraction of sp³-hybridized carbons (Fsp3) is 0.0714. The lowest BCUT2D eigenvalue weighted by Gasteiger charge is -2.08. The van der Waals surface area contributed by atoms with E-state index in [9.17, 15) is 0 Å². The lowest BCUT2D eigenvalue weighted by molar-refractivity contribution is 0.555. The molecule has 20 heavy (non-hydrogen) atoms. The highest BCUT2D eigenvalue weighted by molar-refractivity contribution is 5.98. The zero-order valence-electron chi connectivity index (χ0n) is 11.0. The van der Waals surface area contributed by atoms with E-state index in [2.05, 4.69) is 16.1 Å². The Morgan fingerprint density at radius 3 is 2.55 bits per heavy atom. The van der Waals surface area contributed by atoms with Gasteiger partial charge in [-0.3, -0.25) is 0 Å². The van der Waals surface area contributed by atoms with Gasteiger partial charge in [-0.05, 0) is 11.6 Å². The standard InChI is InChI=1S/C14H18N6/c15-12-8-4-7-11(12)13(16)14(17)19-20-18-9-10-5-2-1-3-6-10/h1-8,18,20H,9,15-16H2,(H2,17,19). The van der Waals surface area contributed by atoms with E-state index >= 15 is 0 Å². The average molecular weight is 270 g/mol. The molecule has 0 saturated heterocycles. The minimum atomic E-state index is 0.184. The predicted octanol–water partition coefficient (Wildman–Crippen LogP) is 0.178. The van der Waals surface area contributed by atoms with Crippen LogP contribution in [0, 0.1) is 0 Å². The maximum absolute atomic E-state index is 5.89. The summed E-state index contributed by atoms with van der Waals surface area (Å²) in [5.41, 5.74) is 25.8. The van der Waals surface area contributed by atoms with Crippen LogP contribution in [0.2, 0.25) is 0 Å². The van der Waals surface area contributed by atoms with Gasteiger partial charge in [-0.15, -0.1) is 5.10 Å². The molecule has 0 atom stereocenters. The first-order chi connectivity index (χ1) is 9.68. The Morgan fingerprint density at radius 2 is 1.90 bits per heavy atom. The van der Waals surface area contributed by atoms with Crippen molar-refractivity contribution in [1.82, 2.24) is 11.0 Å². The molecular weight excluding hydrogens is 252 g/mol. The van der Waals surface area contributed by atoms with E-state index in [1.165, 1.54) is 0 Å². The monoisotopic (exact) mass is 270 g/mol. The second-order valence-corrected chi connectivity index (χ2v) is 4.26. The Hall–Kier alpha value is -2.73. The quantitative estimate of drug-likeness (QED) is 0.227. The van der Waals surface area contributed by atoms with Gasteiger partial charge in [0.25, 0.3) is 0 Å². The molecule has 6 heteroatoms. The van der Waals surface area contributed by atoms with Crippen LogP contribution in [0.3, 0.4) is 0 Å². The third-order valence-electron chi connectivity index (χ3n) is 2.81. The van der Waals surface area contributed by atoms with Gasteiger partial charge in [-0.1, -0.05) is 42.5 Å². The van der Waals surface area contributed by atoms with Crippen molar-refractivity contribution in [3.63, 3.8) is 0 Å². The molecule has 0 spiro atoms. The molecule has 0 bridgehead atoms. The smallest absolute Gasteiger partial charge is 0.168 e. The number of nitrogens with two attached hydrogens (primary N) is 3. The number of benzene rings is 1. The molecule has 0 fully saturated rings. The lowest BCUT2D eigenvalue weighted by Crippen LogP contribution is -2.32. The molecule has 0 radical (unpaired) electrons. The van der Waals surface area contributed by atoms with Crippen LogP contribution in [0.1, 0.15) is 5.56 Å². The summed E-state index contributed by atoms with van der Waals surface area (Å²) in [5.74, 6) is 0.184. The predicted molar refractivity (Wildman–Crippen MR) is 80.7 cm³/mol. The highest BCUT2D eigenvalue weighted by Gasteiger charge is 2.09. The van der Waals surface area contributed by atoms with Gasteiger partial charge < -0.3 is 17.2 Å². The molecule has 104 valence electrons. The summed E-state index contributed by atoms with van der Waals surface area (Å²) in [6.07, 6.45) is 5.37. The SMILES string of the molecule is NC1=CC=CC1=C(N)C(N)=NNNCc1ccccc1. The van der Waals surface area contributed by atoms with E-state index < -0.39 is 0 Å². The van der Waals surface area contributed by atoms with Crippen LogP contribution in [0.25, 0.3) is 0 Å². The second kappa shape index (κ2) is 6.44. The van der Waals surface area contributed by atoms with Crippen LogP contribution < -0.4 is 28.2 Å². The molecule has 2 rings (SSSR count). The number of hydrogen-bond acceptors (Lipinski definition) is 5. The van der Waals surface area contributed by atoms with Crippen LogP contribution in [0.4, 0.5) is 0 Å². The summed E-state index contributed by atoms with van der Waals surface area (Å²) in [7, 11) is 0. The van der Waals surface area contributed by atoms with E-state index in [4.69, 9.17) is 17.2 Å². The molecule has 0 amide bonds. The molecule has 1 aromatic rings. The molecule has 1 aromatic carbocycles. The number of hydrazone groups is 1. The largest absolute Gasteiger partial charge is 0.398 e. The summed E-state index contributed by atoms with van der Waals surface area (Å²) >= 11 is 0. The van der Waals surface area contributed by atoms with Crippen LogP contribution in [-0.4, -0.2) is 5.84 Å². The van der Waals surface area contributed by atoms with Crippen LogP contribution in [0.15, 0.2) is 70.6 Å².